The summed E-state index contributed by atoms with van der Waals surface area (Å²) >= 11 is 0. The normalized spacial score (nSPS) is 26.7. The third kappa shape index (κ3) is 2.90. The standard InChI is InChI=1S/C9H14N2O3.ClH/c12-8-5-14-6-9(13)11(8)4-7-1-2-10-3-7;/h7,10H,1-6H2;1H. The van der Waals surface area contributed by atoms with Crippen molar-refractivity contribution in [3.8, 4) is 0 Å². The van der Waals surface area contributed by atoms with Crippen molar-refractivity contribution in [2.24, 2.45) is 5.92 Å². The van der Waals surface area contributed by atoms with Gasteiger partial charge in [0.1, 0.15) is 13.2 Å². The molecule has 86 valence electrons. The van der Waals surface area contributed by atoms with Gasteiger partial charge in [0, 0.05) is 6.54 Å². The molecule has 2 aliphatic rings. The van der Waals surface area contributed by atoms with Gasteiger partial charge in [-0.1, -0.05) is 0 Å². The molecular weight excluding hydrogens is 220 g/mol. The van der Waals surface area contributed by atoms with Crippen LogP contribution in [-0.2, 0) is 14.3 Å². The highest BCUT2D eigenvalue weighted by Crippen LogP contribution is 2.12. The van der Waals surface area contributed by atoms with E-state index in [9.17, 15) is 9.59 Å². The number of halogens is 1. The maximum Gasteiger partial charge on any atom is 0.255 e. The van der Waals surface area contributed by atoms with E-state index in [0.29, 0.717) is 12.5 Å². The molecule has 0 aromatic heterocycles. The Labute approximate surface area is 94.5 Å². The number of nitrogens with zero attached hydrogens (tertiary/aromatic N) is 1. The lowest BCUT2D eigenvalue weighted by Gasteiger charge is -2.26. The van der Waals surface area contributed by atoms with Crippen molar-refractivity contribution in [1.29, 1.82) is 0 Å². The average molecular weight is 235 g/mol. The molecule has 2 aliphatic heterocycles. The van der Waals surface area contributed by atoms with Crippen LogP contribution in [0.2, 0.25) is 0 Å². The molecule has 15 heavy (non-hydrogen) atoms. The quantitative estimate of drug-likeness (QED) is 0.649. The van der Waals surface area contributed by atoms with Crippen LogP contribution in [-0.4, -0.2) is 49.6 Å². The number of carbonyl (C=O) groups excluding carboxylic acids is 2. The summed E-state index contributed by atoms with van der Waals surface area (Å²) in [5, 5.41) is 3.21. The molecule has 2 rings (SSSR count). The molecule has 1 atom stereocenters. The van der Waals surface area contributed by atoms with Crippen LogP contribution < -0.4 is 5.32 Å². The van der Waals surface area contributed by atoms with Crippen LogP contribution >= 0.6 is 12.4 Å². The van der Waals surface area contributed by atoms with Gasteiger partial charge in [0.25, 0.3) is 11.8 Å². The minimum absolute atomic E-state index is 0. The zero-order chi connectivity index (χ0) is 9.97. The minimum atomic E-state index is -0.201. The van der Waals surface area contributed by atoms with E-state index < -0.39 is 0 Å². The highest BCUT2D eigenvalue weighted by Gasteiger charge is 2.29. The third-order valence-corrected chi connectivity index (χ3v) is 2.66. The molecule has 0 aromatic carbocycles. The Kier molecular flexibility index (Phi) is 4.50. The predicted octanol–water partition coefficient (Wildman–Crippen LogP) is -0.597. The van der Waals surface area contributed by atoms with Crippen molar-refractivity contribution >= 4 is 24.2 Å². The van der Waals surface area contributed by atoms with E-state index in [1.807, 2.05) is 0 Å². The van der Waals surface area contributed by atoms with E-state index in [1.54, 1.807) is 0 Å². The summed E-state index contributed by atoms with van der Waals surface area (Å²) in [6.45, 7) is 2.53. The minimum Gasteiger partial charge on any atom is -0.362 e. The second-order valence-corrected chi connectivity index (χ2v) is 3.75. The molecular formula is C9H15ClN2O3. The number of carbonyl (C=O) groups is 2. The molecule has 0 aromatic rings. The van der Waals surface area contributed by atoms with E-state index >= 15 is 0 Å². The van der Waals surface area contributed by atoms with Gasteiger partial charge < -0.3 is 10.1 Å². The number of amides is 2. The molecule has 0 aliphatic carbocycles. The Balaban J connectivity index is 0.00000112. The van der Waals surface area contributed by atoms with Crippen molar-refractivity contribution in [1.82, 2.24) is 10.2 Å². The van der Waals surface area contributed by atoms with Crippen LogP contribution in [0.15, 0.2) is 0 Å². The first-order chi connectivity index (χ1) is 6.77. The van der Waals surface area contributed by atoms with Crippen LogP contribution in [0.5, 0.6) is 0 Å². The SMILES string of the molecule is Cl.O=C1COCC(=O)N1CC1CCNC1. The van der Waals surface area contributed by atoms with Crippen LogP contribution in [0.3, 0.4) is 0 Å². The number of nitrogens with one attached hydrogen (secondary N) is 1. The van der Waals surface area contributed by atoms with Gasteiger partial charge in [-0.15, -0.1) is 12.4 Å². The zero-order valence-corrected chi connectivity index (χ0v) is 9.22. The van der Waals surface area contributed by atoms with Crippen LogP contribution in [0, 0.1) is 5.92 Å². The monoisotopic (exact) mass is 234 g/mol. The van der Waals surface area contributed by atoms with Gasteiger partial charge >= 0.3 is 0 Å². The van der Waals surface area contributed by atoms with Crippen molar-refractivity contribution in [2.45, 2.75) is 6.42 Å². The summed E-state index contributed by atoms with van der Waals surface area (Å²) < 4.78 is 4.83. The first-order valence-electron chi connectivity index (χ1n) is 4.89. The van der Waals surface area contributed by atoms with Gasteiger partial charge in [-0.05, 0) is 25.4 Å². The molecule has 1 N–H and O–H groups in total. The first-order valence-corrected chi connectivity index (χ1v) is 4.89. The number of rotatable bonds is 2. The zero-order valence-electron chi connectivity index (χ0n) is 8.40. The Morgan fingerprint density at radius 2 is 2.00 bits per heavy atom. The van der Waals surface area contributed by atoms with E-state index in [2.05, 4.69) is 5.32 Å². The second-order valence-electron chi connectivity index (χ2n) is 3.75. The molecule has 0 spiro atoms. The summed E-state index contributed by atoms with van der Waals surface area (Å²) in [5.41, 5.74) is 0. The molecule has 0 saturated carbocycles. The lowest BCUT2D eigenvalue weighted by Crippen LogP contribution is -2.48. The fourth-order valence-corrected chi connectivity index (χ4v) is 1.85. The predicted molar refractivity (Wildman–Crippen MR) is 55.8 cm³/mol. The molecule has 5 nitrogen and oxygen atoms in total. The number of hydrogen-bond acceptors (Lipinski definition) is 4. The van der Waals surface area contributed by atoms with Gasteiger partial charge in [0.2, 0.25) is 0 Å². The molecule has 2 heterocycles. The fraction of sp³-hybridized carbons (Fsp3) is 0.778. The average Bonchev–Trinajstić information content (AvgIpc) is 2.64. The van der Waals surface area contributed by atoms with E-state index in [-0.39, 0.29) is 37.4 Å². The van der Waals surface area contributed by atoms with Crippen LogP contribution in [0.4, 0.5) is 0 Å². The van der Waals surface area contributed by atoms with E-state index in [4.69, 9.17) is 4.74 Å². The molecule has 6 heteroatoms. The Morgan fingerprint density at radius 3 is 2.53 bits per heavy atom. The number of ether oxygens (including phenoxy) is 1. The molecule has 0 bridgehead atoms. The van der Waals surface area contributed by atoms with Gasteiger partial charge in [-0.25, -0.2) is 0 Å². The van der Waals surface area contributed by atoms with Gasteiger partial charge in [-0.2, -0.15) is 0 Å². The van der Waals surface area contributed by atoms with E-state index in [0.717, 1.165) is 19.5 Å². The van der Waals surface area contributed by atoms with E-state index in [1.165, 1.54) is 4.90 Å². The van der Waals surface area contributed by atoms with Crippen LogP contribution in [0.1, 0.15) is 6.42 Å². The molecule has 2 amide bonds. The largest absolute Gasteiger partial charge is 0.362 e. The fourth-order valence-electron chi connectivity index (χ4n) is 1.85. The molecule has 0 radical (unpaired) electrons. The topological polar surface area (TPSA) is 58.6 Å². The summed E-state index contributed by atoms with van der Waals surface area (Å²) in [5.74, 6) is 0.0160. The van der Waals surface area contributed by atoms with Crippen molar-refractivity contribution < 1.29 is 14.3 Å². The lowest BCUT2D eigenvalue weighted by atomic mass is 10.1. The third-order valence-electron chi connectivity index (χ3n) is 2.66. The van der Waals surface area contributed by atoms with Crippen LogP contribution in [0.25, 0.3) is 0 Å². The Morgan fingerprint density at radius 1 is 1.33 bits per heavy atom. The van der Waals surface area contributed by atoms with Crippen molar-refractivity contribution in [3.05, 3.63) is 0 Å². The lowest BCUT2D eigenvalue weighted by molar-refractivity contribution is -0.159. The summed E-state index contributed by atoms with van der Waals surface area (Å²) in [4.78, 5) is 24.0. The van der Waals surface area contributed by atoms with Crippen molar-refractivity contribution in [2.75, 3.05) is 32.8 Å². The summed E-state index contributed by atoms with van der Waals surface area (Å²) in [7, 11) is 0. The smallest absolute Gasteiger partial charge is 0.255 e. The molecule has 2 saturated heterocycles. The Hall–Kier alpha value is -0.650. The number of imide groups is 1. The second kappa shape index (κ2) is 5.44. The maximum absolute atomic E-state index is 11.4. The number of hydrogen-bond donors (Lipinski definition) is 1. The maximum atomic E-state index is 11.4. The van der Waals surface area contributed by atoms with Gasteiger partial charge in [0.05, 0.1) is 0 Å². The Bertz CT molecular complexity index is 238. The van der Waals surface area contributed by atoms with Gasteiger partial charge in [0.15, 0.2) is 0 Å². The summed E-state index contributed by atoms with van der Waals surface area (Å²) in [6, 6.07) is 0. The highest BCUT2D eigenvalue weighted by molar-refractivity contribution is 5.98. The molecule has 2 fully saturated rings. The number of morpholine rings is 1. The first kappa shape index (κ1) is 12.4. The van der Waals surface area contributed by atoms with Gasteiger partial charge in [-0.3, -0.25) is 14.5 Å². The summed E-state index contributed by atoms with van der Waals surface area (Å²) in [6.07, 6.45) is 1.04. The highest BCUT2D eigenvalue weighted by atomic mass is 35.5. The van der Waals surface area contributed by atoms with Crippen molar-refractivity contribution in [3.63, 3.8) is 0 Å². The molecule has 1 unspecified atom stereocenters.